The van der Waals surface area contributed by atoms with Crippen LogP contribution in [-0.2, 0) is 9.47 Å². The number of esters is 2. The molecule has 2 bridgehead atoms. The number of aromatic nitrogens is 2. The van der Waals surface area contributed by atoms with Crippen molar-refractivity contribution in [3.63, 3.8) is 0 Å². The molecule has 5 aliphatic rings. The Labute approximate surface area is 241 Å². The second-order valence-corrected chi connectivity index (χ2v) is 13.9. The number of carbonyl (C=O) groups excluding carboxylic acids is 2. The van der Waals surface area contributed by atoms with E-state index in [-0.39, 0.29) is 47.1 Å². The fraction of sp³-hybridized carbons (Fsp3) is 0.613. The fourth-order valence-electron chi connectivity index (χ4n) is 7.67. The summed E-state index contributed by atoms with van der Waals surface area (Å²) in [5.41, 5.74) is 2.47. The van der Waals surface area contributed by atoms with E-state index in [1.54, 1.807) is 6.07 Å². The van der Waals surface area contributed by atoms with Gasteiger partial charge in [0.1, 0.15) is 22.9 Å². The minimum absolute atomic E-state index is 0.160. The summed E-state index contributed by atoms with van der Waals surface area (Å²) in [6.45, 7) is 0. The van der Waals surface area contributed by atoms with Crippen molar-refractivity contribution in [1.82, 2.24) is 10.1 Å². The first-order valence-electron chi connectivity index (χ1n) is 15.1. The Bertz CT molecular complexity index is 1520. The molecular formula is C31H34FN3O5S. The molecule has 8 rings (SSSR count). The molecule has 2 saturated heterocycles. The number of methoxy groups -OCH3 is 1. The Balaban J connectivity index is 0.999. The van der Waals surface area contributed by atoms with Crippen LogP contribution < -0.4 is 4.90 Å². The zero-order chi connectivity index (χ0) is 27.9. The highest BCUT2D eigenvalue weighted by Gasteiger charge is 2.48. The summed E-state index contributed by atoms with van der Waals surface area (Å²) >= 11 is 1.39. The van der Waals surface area contributed by atoms with E-state index in [0.717, 1.165) is 55.1 Å². The van der Waals surface area contributed by atoms with Crippen LogP contribution in [0.5, 0.6) is 0 Å². The summed E-state index contributed by atoms with van der Waals surface area (Å²) in [7, 11) is 1.28. The maximum atomic E-state index is 14.8. The molecule has 2 aromatic heterocycles. The lowest BCUT2D eigenvalue weighted by atomic mass is 9.77. The number of anilines is 1. The van der Waals surface area contributed by atoms with Gasteiger partial charge in [-0.2, -0.15) is 0 Å². The Morgan fingerprint density at radius 1 is 1.00 bits per heavy atom. The molecule has 2 atom stereocenters. The lowest BCUT2D eigenvalue weighted by Gasteiger charge is -2.38. The number of carbonyl (C=O) groups is 2. The highest BCUT2D eigenvalue weighted by Crippen LogP contribution is 2.59. The summed E-state index contributed by atoms with van der Waals surface area (Å²) in [6.07, 6.45) is 12.5. The highest BCUT2D eigenvalue weighted by molar-refractivity contribution is 7.22. The van der Waals surface area contributed by atoms with E-state index < -0.39 is 11.8 Å². The van der Waals surface area contributed by atoms with Crippen LogP contribution in [0.3, 0.4) is 0 Å². The molecule has 3 saturated carbocycles. The molecule has 3 aliphatic carbocycles. The third-order valence-corrected chi connectivity index (χ3v) is 11.3. The summed E-state index contributed by atoms with van der Waals surface area (Å²) in [6, 6.07) is 3.15. The molecule has 1 aromatic carbocycles. The summed E-state index contributed by atoms with van der Waals surface area (Å²) in [5.74, 6) is -0.0704. The van der Waals surface area contributed by atoms with Crippen molar-refractivity contribution in [3.8, 4) is 0 Å². The third kappa shape index (κ3) is 4.44. The lowest BCUT2D eigenvalue weighted by molar-refractivity contribution is 0.0199. The Morgan fingerprint density at radius 2 is 1.73 bits per heavy atom. The van der Waals surface area contributed by atoms with Crippen LogP contribution in [0.25, 0.3) is 10.2 Å². The van der Waals surface area contributed by atoms with Crippen molar-refractivity contribution < 1.29 is 28.0 Å². The van der Waals surface area contributed by atoms with Gasteiger partial charge in [-0.1, -0.05) is 16.5 Å². The zero-order valence-electron chi connectivity index (χ0n) is 23.2. The van der Waals surface area contributed by atoms with Crippen molar-refractivity contribution in [1.29, 1.82) is 0 Å². The van der Waals surface area contributed by atoms with Gasteiger partial charge in [0.2, 0.25) is 0 Å². The maximum Gasteiger partial charge on any atom is 0.344 e. The molecule has 0 N–H and O–H groups in total. The molecule has 5 fully saturated rings. The number of benzene rings is 1. The molecule has 216 valence electrons. The first-order valence-corrected chi connectivity index (χ1v) is 15.9. The van der Waals surface area contributed by atoms with Gasteiger partial charge in [-0.05, 0) is 81.8 Å². The van der Waals surface area contributed by atoms with Crippen LogP contribution >= 0.6 is 11.3 Å². The highest BCUT2D eigenvalue weighted by atomic mass is 32.1. The first-order chi connectivity index (χ1) is 19.9. The number of fused-ring (bicyclic) bond motifs is 3. The number of nitrogens with zero attached hydrogens (tertiary/aromatic N) is 3. The molecular weight excluding hydrogens is 545 g/mol. The van der Waals surface area contributed by atoms with Crippen LogP contribution in [-0.4, -0.2) is 47.4 Å². The normalized spacial score (nSPS) is 27.0. The Morgan fingerprint density at radius 3 is 2.39 bits per heavy atom. The second kappa shape index (κ2) is 9.51. The van der Waals surface area contributed by atoms with Crippen LogP contribution in [0.2, 0.25) is 0 Å². The van der Waals surface area contributed by atoms with Gasteiger partial charge in [-0.15, -0.1) is 0 Å². The van der Waals surface area contributed by atoms with Crippen molar-refractivity contribution in [2.75, 3.05) is 12.0 Å². The molecule has 1 spiro atoms. The van der Waals surface area contributed by atoms with Crippen molar-refractivity contribution in [2.24, 2.45) is 5.41 Å². The number of ether oxygens (including phenoxy) is 2. The van der Waals surface area contributed by atoms with Crippen molar-refractivity contribution in [3.05, 3.63) is 40.5 Å². The predicted molar refractivity (Wildman–Crippen MR) is 150 cm³/mol. The minimum atomic E-state index is -0.570. The van der Waals surface area contributed by atoms with Crippen LogP contribution in [0.15, 0.2) is 16.7 Å². The zero-order valence-corrected chi connectivity index (χ0v) is 24.0. The number of halogens is 1. The monoisotopic (exact) mass is 579 g/mol. The van der Waals surface area contributed by atoms with E-state index in [0.29, 0.717) is 28.5 Å². The topological polar surface area (TPSA) is 94.8 Å². The van der Waals surface area contributed by atoms with E-state index in [4.69, 9.17) is 14.0 Å². The van der Waals surface area contributed by atoms with Crippen molar-refractivity contribution in [2.45, 2.75) is 107 Å². The van der Waals surface area contributed by atoms with Crippen LogP contribution in [0.4, 0.5) is 9.52 Å². The number of piperidine rings is 1. The smallest absolute Gasteiger partial charge is 0.344 e. The average molecular weight is 580 g/mol. The first kappa shape index (κ1) is 25.7. The van der Waals surface area contributed by atoms with Gasteiger partial charge in [0.15, 0.2) is 16.7 Å². The van der Waals surface area contributed by atoms with E-state index in [9.17, 15) is 14.0 Å². The van der Waals surface area contributed by atoms with E-state index in [1.165, 1.54) is 50.2 Å². The second-order valence-electron chi connectivity index (χ2n) is 12.9. The third-order valence-electron chi connectivity index (χ3n) is 10.3. The standard InChI is InChI=1S/C31H34FN3O5S/c1-38-28(36)18-12-22(32)26-23(13-18)41-30(33-26)35-19-4-5-20(35)15-21(14-19)39-29(37)24-25(34-40-27(24)17-2-3-17)16-6-8-31(9-7-16)10-11-31/h12-13,16-17,19-21H,2-11,14-15H2,1H3. The van der Waals surface area contributed by atoms with Gasteiger partial charge in [0.25, 0.3) is 0 Å². The number of thiazole rings is 1. The lowest BCUT2D eigenvalue weighted by Crippen LogP contribution is -2.46. The van der Waals surface area contributed by atoms with Gasteiger partial charge < -0.3 is 18.9 Å². The largest absolute Gasteiger partial charge is 0.465 e. The predicted octanol–water partition coefficient (Wildman–Crippen LogP) is 6.88. The van der Waals surface area contributed by atoms with Crippen LogP contribution in [0, 0.1) is 11.2 Å². The Kier molecular flexibility index (Phi) is 5.95. The molecule has 0 amide bonds. The molecule has 2 aliphatic heterocycles. The van der Waals surface area contributed by atoms with Crippen molar-refractivity contribution >= 4 is 38.6 Å². The molecule has 4 heterocycles. The van der Waals surface area contributed by atoms with Gasteiger partial charge in [-0.25, -0.2) is 19.0 Å². The summed E-state index contributed by atoms with van der Waals surface area (Å²) in [5, 5.41) is 5.23. The number of rotatable bonds is 6. The fourth-order valence-corrected chi connectivity index (χ4v) is 8.84. The quantitative estimate of drug-likeness (QED) is 0.292. The Hall–Kier alpha value is -3.01. The van der Waals surface area contributed by atoms with Gasteiger partial charge in [-0.3, -0.25) is 0 Å². The number of hydrogen-bond acceptors (Lipinski definition) is 9. The summed E-state index contributed by atoms with van der Waals surface area (Å²) in [4.78, 5) is 32.6. The van der Waals surface area contributed by atoms with E-state index in [1.807, 2.05) is 0 Å². The minimum Gasteiger partial charge on any atom is -0.465 e. The molecule has 8 nitrogen and oxygen atoms in total. The number of hydrogen-bond donors (Lipinski definition) is 0. The molecule has 41 heavy (non-hydrogen) atoms. The maximum absolute atomic E-state index is 14.8. The van der Waals surface area contributed by atoms with Gasteiger partial charge in [0.05, 0.1) is 17.4 Å². The van der Waals surface area contributed by atoms with Gasteiger partial charge >= 0.3 is 11.9 Å². The van der Waals surface area contributed by atoms with Crippen LogP contribution in [0.1, 0.15) is 121 Å². The van der Waals surface area contributed by atoms with E-state index in [2.05, 4.69) is 15.0 Å². The average Bonchev–Trinajstić information content (AvgIpc) is 3.84. The molecule has 10 heteroatoms. The molecule has 0 radical (unpaired) electrons. The molecule has 2 unspecified atom stereocenters. The van der Waals surface area contributed by atoms with E-state index >= 15 is 0 Å². The summed E-state index contributed by atoms with van der Waals surface area (Å²) < 4.78 is 32.3. The molecule has 3 aromatic rings. The SMILES string of the molecule is COC(=O)c1cc(F)c2nc(N3C4CCC3CC(OC(=O)c3c(C5CCC6(CC5)CC6)noc3C3CC3)C4)sc2c1. The van der Waals surface area contributed by atoms with Gasteiger partial charge in [0, 0.05) is 36.8 Å².